The van der Waals surface area contributed by atoms with Crippen LogP contribution in [0.4, 0.5) is 0 Å². The monoisotopic (exact) mass is 406 g/mol. The summed E-state index contributed by atoms with van der Waals surface area (Å²) in [5.41, 5.74) is 0.481. The molecule has 6 nitrogen and oxygen atoms in total. The Labute approximate surface area is 154 Å². The van der Waals surface area contributed by atoms with Crippen molar-refractivity contribution < 1.29 is 19.4 Å². The van der Waals surface area contributed by atoms with E-state index in [2.05, 4.69) is 20.9 Å². The number of nitrogens with zero attached hydrogens (tertiary/aromatic N) is 2. The molecule has 1 fully saturated rings. The van der Waals surface area contributed by atoms with Gasteiger partial charge in [0.1, 0.15) is 5.75 Å². The van der Waals surface area contributed by atoms with Crippen molar-refractivity contribution in [1.82, 2.24) is 9.88 Å². The summed E-state index contributed by atoms with van der Waals surface area (Å²) in [5.74, 6) is 0.960. The van der Waals surface area contributed by atoms with Gasteiger partial charge in [-0.2, -0.15) is 0 Å². The Morgan fingerprint density at radius 1 is 1.32 bits per heavy atom. The maximum Gasteiger partial charge on any atom is 0.255 e. The number of aromatic nitrogens is 1. The van der Waals surface area contributed by atoms with Gasteiger partial charge in [-0.05, 0) is 37.3 Å². The quantitative estimate of drug-likeness (QED) is 0.844. The number of rotatable bonds is 4. The predicted molar refractivity (Wildman–Crippen MR) is 95.8 cm³/mol. The van der Waals surface area contributed by atoms with Gasteiger partial charge in [0, 0.05) is 29.8 Å². The van der Waals surface area contributed by atoms with Gasteiger partial charge in [-0.15, -0.1) is 0 Å². The van der Waals surface area contributed by atoms with Crippen molar-refractivity contribution in [2.75, 3.05) is 19.7 Å². The van der Waals surface area contributed by atoms with Crippen LogP contribution in [-0.2, 0) is 4.74 Å². The van der Waals surface area contributed by atoms with E-state index in [4.69, 9.17) is 9.47 Å². The first-order valence-corrected chi connectivity index (χ1v) is 8.79. The SMILES string of the molecule is C[C@@H]1CN(C(=O)c2ccc(Oc3ccc(Br)cc3)nc2)C[C@@H](CO)O1. The normalized spacial score (nSPS) is 20.4. The average molecular weight is 407 g/mol. The minimum atomic E-state index is -0.347. The highest BCUT2D eigenvalue weighted by Crippen LogP contribution is 2.22. The third-order valence-electron chi connectivity index (χ3n) is 3.84. The maximum absolute atomic E-state index is 12.6. The minimum Gasteiger partial charge on any atom is -0.439 e. The molecular weight excluding hydrogens is 388 g/mol. The molecule has 0 bridgehead atoms. The zero-order valence-electron chi connectivity index (χ0n) is 13.8. The van der Waals surface area contributed by atoms with Crippen molar-refractivity contribution in [2.24, 2.45) is 0 Å². The van der Waals surface area contributed by atoms with Crippen LogP contribution in [0.5, 0.6) is 11.6 Å². The molecule has 1 aliphatic rings. The predicted octanol–water partition coefficient (Wildman–Crippen LogP) is 2.86. The Bertz CT molecular complexity index is 721. The van der Waals surface area contributed by atoms with Crippen LogP contribution in [0.3, 0.4) is 0 Å². The van der Waals surface area contributed by atoms with Crippen molar-refractivity contribution in [3.63, 3.8) is 0 Å². The number of hydrogen-bond acceptors (Lipinski definition) is 5. The van der Waals surface area contributed by atoms with Gasteiger partial charge in [-0.1, -0.05) is 15.9 Å². The van der Waals surface area contributed by atoms with Crippen LogP contribution in [0.15, 0.2) is 47.1 Å². The van der Waals surface area contributed by atoms with E-state index in [0.717, 1.165) is 4.47 Å². The van der Waals surface area contributed by atoms with E-state index in [9.17, 15) is 9.90 Å². The lowest BCUT2D eigenvalue weighted by atomic mass is 10.2. The molecule has 7 heteroatoms. The lowest BCUT2D eigenvalue weighted by Crippen LogP contribution is -2.50. The third kappa shape index (κ3) is 4.56. The highest BCUT2D eigenvalue weighted by molar-refractivity contribution is 9.10. The first-order chi connectivity index (χ1) is 12.0. The van der Waals surface area contributed by atoms with Crippen molar-refractivity contribution >= 4 is 21.8 Å². The van der Waals surface area contributed by atoms with Crippen LogP contribution in [-0.4, -0.2) is 52.8 Å². The van der Waals surface area contributed by atoms with Gasteiger partial charge in [0.2, 0.25) is 5.88 Å². The number of morpholine rings is 1. The first kappa shape index (κ1) is 17.8. The van der Waals surface area contributed by atoms with E-state index in [1.165, 1.54) is 6.20 Å². The van der Waals surface area contributed by atoms with E-state index in [1.54, 1.807) is 17.0 Å². The molecular formula is C18H19BrN2O4. The van der Waals surface area contributed by atoms with E-state index in [-0.39, 0.29) is 24.7 Å². The Balaban J connectivity index is 1.67. The van der Waals surface area contributed by atoms with Crippen molar-refractivity contribution in [2.45, 2.75) is 19.1 Å². The number of carbonyl (C=O) groups is 1. The number of ether oxygens (including phenoxy) is 2. The second kappa shape index (κ2) is 7.95. The minimum absolute atomic E-state index is 0.105. The standard InChI is InChI=1S/C18H19BrN2O4/c1-12-9-21(10-16(11-22)24-12)18(23)13-2-7-17(20-8-13)25-15-5-3-14(19)4-6-15/h2-8,12,16,22H,9-11H2,1H3/t12-,16+/m1/s1. The summed E-state index contributed by atoms with van der Waals surface area (Å²) in [7, 11) is 0. The van der Waals surface area contributed by atoms with Gasteiger partial charge in [0.05, 0.1) is 24.4 Å². The van der Waals surface area contributed by atoms with E-state index >= 15 is 0 Å². The van der Waals surface area contributed by atoms with Crippen LogP contribution in [0.1, 0.15) is 17.3 Å². The number of aliphatic hydroxyl groups is 1. The maximum atomic E-state index is 12.6. The van der Waals surface area contributed by atoms with Gasteiger partial charge >= 0.3 is 0 Å². The Morgan fingerprint density at radius 2 is 2.08 bits per heavy atom. The topological polar surface area (TPSA) is 71.9 Å². The number of benzene rings is 1. The van der Waals surface area contributed by atoms with Gasteiger partial charge in [0.15, 0.2) is 0 Å². The molecule has 0 unspecified atom stereocenters. The smallest absolute Gasteiger partial charge is 0.255 e. The Kier molecular flexibility index (Phi) is 5.67. The molecule has 2 aromatic rings. The Morgan fingerprint density at radius 3 is 2.72 bits per heavy atom. The first-order valence-electron chi connectivity index (χ1n) is 8.00. The molecule has 0 aliphatic carbocycles. The largest absolute Gasteiger partial charge is 0.439 e. The molecule has 2 heterocycles. The van der Waals surface area contributed by atoms with E-state index < -0.39 is 0 Å². The molecule has 1 amide bonds. The highest BCUT2D eigenvalue weighted by Gasteiger charge is 2.28. The fraction of sp³-hybridized carbons (Fsp3) is 0.333. The molecule has 3 rings (SSSR count). The molecule has 1 aromatic heterocycles. The molecule has 0 spiro atoms. The molecule has 2 atom stereocenters. The lowest BCUT2D eigenvalue weighted by molar-refractivity contribution is -0.0858. The van der Waals surface area contributed by atoms with Gasteiger partial charge in [-0.25, -0.2) is 4.98 Å². The third-order valence-corrected chi connectivity index (χ3v) is 4.37. The summed E-state index contributed by atoms with van der Waals surface area (Å²) < 4.78 is 12.2. The Hall–Kier alpha value is -1.96. The summed E-state index contributed by atoms with van der Waals surface area (Å²) in [4.78, 5) is 18.5. The van der Waals surface area contributed by atoms with Crippen LogP contribution >= 0.6 is 15.9 Å². The molecule has 0 radical (unpaired) electrons. The number of amides is 1. The molecule has 25 heavy (non-hydrogen) atoms. The van der Waals surface area contributed by atoms with Crippen molar-refractivity contribution in [1.29, 1.82) is 0 Å². The molecule has 1 aromatic carbocycles. The van der Waals surface area contributed by atoms with E-state index in [1.807, 2.05) is 31.2 Å². The van der Waals surface area contributed by atoms with Gasteiger partial charge < -0.3 is 19.5 Å². The zero-order chi connectivity index (χ0) is 17.8. The van der Waals surface area contributed by atoms with Crippen LogP contribution in [0.25, 0.3) is 0 Å². The molecule has 1 saturated heterocycles. The summed E-state index contributed by atoms with van der Waals surface area (Å²) in [6.45, 7) is 2.64. The second-order valence-corrected chi connectivity index (χ2v) is 6.82. The average Bonchev–Trinajstić information content (AvgIpc) is 2.63. The number of halogens is 1. The van der Waals surface area contributed by atoms with Crippen LogP contribution in [0.2, 0.25) is 0 Å². The summed E-state index contributed by atoms with van der Waals surface area (Å²) in [6, 6.07) is 10.8. The zero-order valence-corrected chi connectivity index (χ0v) is 15.3. The van der Waals surface area contributed by atoms with Gasteiger partial charge in [0.25, 0.3) is 5.91 Å². The van der Waals surface area contributed by atoms with Crippen LogP contribution < -0.4 is 4.74 Å². The molecule has 0 saturated carbocycles. The van der Waals surface area contributed by atoms with Crippen molar-refractivity contribution in [3.05, 3.63) is 52.6 Å². The fourth-order valence-corrected chi connectivity index (χ4v) is 2.95. The summed E-state index contributed by atoms with van der Waals surface area (Å²) in [5, 5.41) is 9.28. The summed E-state index contributed by atoms with van der Waals surface area (Å²) in [6.07, 6.45) is 1.05. The van der Waals surface area contributed by atoms with Crippen molar-refractivity contribution in [3.8, 4) is 11.6 Å². The molecule has 132 valence electrons. The van der Waals surface area contributed by atoms with E-state index in [0.29, 0.717) is 30.3 Å². The highest BCUT2D eigenvalue weighted by atomic mass is 79.9. The number of carbonyl (C=O) groups excluding carboxylic acids is 1. The molecule has 1 N–H and O–H groups in total. The second-order valence-electron chi connectivity index (χ2n) is 5.90. The number of pyridine rings is 1. The number of hydrogen-bond donors (Lipinski definition) is 1. The fourth-order valence-electron chi connectivity index (χ4n) is 2.69. The van der Waals surface area contributed by atoms with Crippen LogP contribution in [0, 0.1) is 0 Å². The lowest BCUT2D eigenvalue weighted by Gasteiger charge is -2.36. The molecule has 1 aliphatic heterocycles. The number of aliphatic hydroxyl groups excluding tert-OH is 1. The summed E-state index contributed by atoms with van der Waals surface area (Å²) >= 11 is 3.37. The van der Waals surface area contributed by atoms with Gasteiger partial charge in [-0.3, -0.25) is 4.79 Å².